The van der Waals surface area contributed by atoms with Gasteiger partial charge in [0.1, 0.15) is 4.90 Å². The Morgan fingerprint density at radius 3 is 2.70 bits per heavy atom. The van der Waals surface area contributed by atoms with E-state index < -0.39 is 10.0 Å². The number of aryl methyl sites for hydroxylation is 1. The lowest BCUT2D eigenvalue weighted by Gasteiger charge is -2.32. The lowest BCUT2D eigenvalue weighted by atomic mass is 10.1. The maximum absolute atomic E-state index is 12.7. The lowest BCUT2D eigenvalue weighted by Crippen LogP contribution is -2.44. The first kappa shape index (κ1) is 18.1. The Hall–Kier alpha value is -2.29. The summed E-state index contributed by atoms with van der Waals surface area (Å²) in [7, 11) is -3.62. The number of sulfonamides is 1. The van der Waals surface area contributed by atoms with Gasteiger partial charge in [0.25, 0.3) is 5.71 Å². The maximum atomic E-state index is 12.7. The smallest absolute Gasteiger partial charge is 0.257 e. The molecule has 0 spiro atoms. The molecule has 1 fully saturated rings. The van der Waals surface area contributed by atoms with Crippen LogP contribution in [0.5, 0.6) is 0 Å². The minimum Gasteiger partial charge on any atom is -0.336 e. The number of aromatic nitrogens is 2. The predicted octanol–water partition coefficient (Wildman–Crippen LogP) is 2.47. The second-order valence-corrected chi connectivity index (χ2v) is 8.66. The van der Waals surface area contributed by atoms with Crippen LogP contribution in [0.2, 0.25) is 0 Å². The van der Waals surface area contributed by atoms with E-state index in [1.807, 2.05) is 18.2 Å². The fourth-order valence-electron chi connectivity index (χ4n) is 3.41. The number of nitrogens with zero attached hydrogens (tertiary/aromatic N) is 3. The van der Waals surface area contributed by atoms with E-state index in [4.69, 9.17) is 4.52 Å². The van der Waals surface area contributed by atoms with Crippen molar-refractivity contribution in [2.45, 2.75) is 37.2 Å². The van der Waals surface area contributed by atoms with Crippen molar-refractivity contribution in [2.24, 2.45) is 0 Å². The summed E-state index contributed by atoms with van der Waals surface area (Å²) in [5.41, 5.74) is 2.25. The number of hydrogen-bond acceptors (Lipinski definition) is 6. The van der Waals surface area contributed by atoms with E-state index in [9.17, 15) is 8.42 Å². The molecule has 0 aliphatic carbocycles. The molecule has 1 N–H and O–H groups in total. The van der Waals surface area contributed by atoms with E-state index in [0.29, 0.717) is 16.8 Å². The number of pyridine rings is 1. The van der Waals surface area contributed by atoms with Crippen LogP contribution in [0.15, 0.2) is 52.0 Å². The van der Waals surface area contributed by atoms with Crippen LogP contribution in [-0.2, 0) is 16.6 Å². The number of rotatable bonds is 5. The van der Waals surface area contributed by atoms with Gasteiger partial charge in [-0.25, -0.2) is 18.1 Å². The van der Waals surface area contributed by atoms with Gasteiger partial charge in [0.2, 0.25) is 10.0 Å². The van der Waals surface area contributed by atoms with Crippen molar-refractivity contribution in [1.29, 1.82) is 0 Å². The molecule has 0 saturated carbocycles. The third-order valence-electron chi connectivity index (χ3n) is 4.95. The van der Waals surface area contributed by atoms with Gasteiger partial charge < -0.3 is 4.52 Å². The molecule has 0 radical (unpaired) electrons. The van der Waals surface area contributed by atoms with Gasteiger partial charge in [-0.15, -0.1) is 0 Å². The zero-order valence-electron chi connectivity index (χ0n) is 15.1. The van der Waals surface area contributed by atoms with E-state index in [1.165, 1.54) is 11.8 Å². The van der Waals surface area contributed by atoms with Crippen molar-refractivity contribution >= 4 is 21.1 Å². The molecular formula is C19H22N4O3S. The molecule has 2 aromatic heterocycles. The average Bonchev–Trinajstić information content (AvgIpc) is 3.04. The molecular weight excluding hydrogens is 364 g/mol. The highest BCUT2D eigenvalue weighted by Gasteiger charge is 2.25. The molecule has 3 heterocycles. The van der Waals surface area contributed by atoms with E-state index >= 15 is 0 Å². The van der Waals surface area contributed by atoms with Crippen molar-refractivity contribution in [1.82, 2.24) is 19.8 Å². The Bertz CT molecular complexity index is 1030. The van der Waals surface area contributed by atoms with Gasteiger partial charge in [-0.05, 0) is 31.4 Å². The molecule has 8 heteroatoms. The average molecular weight is 386 g/mol. The van der Waals surface area contributed by atoms with E-state index in [2.05, 4.69) is 31.9 Å². The summed E-state index contributed by atoms with van der Waals surface area (Å²) in [6, 6.07) is 11.8. The van der Waals surface area contributed by atoms with Crippen LogP contribution in [0.3, 0.4) is 0 Å². The third kappa shape index (κ3) is 4.02. The highest BCUT2D eigenvalue weighted by molar-refractivity contribution is 7.89. The highest BCUT2D eigenvalue weighted by Crippen LogP contribution is 2.21. The molecule has 142 valence electrons. The number of piperidine rings is 1. The van der Waals surface area contributed by atoms with Crippen LogP contribution in [0.1, 0.15) is 24.1 Å². The summed E-state index contributed by atoms with van der Waals surface area (Å²) >= 11 is 0. The molecule has 3 aromatic rings. The Labute approximate surface area is 158 Å². The molecule has 1 aromatic carbocycles. The standard InChI is InChI=1S/C19H22N4O3S/c1-14-18-11-17(12-20-19(18)26-21-14)27(24,25)22-16-7-9-23(10-8-16)13-15-5-3-2-4-6-15/h2-6,11-12,16,22H,7-10,13H2,1H3. The second kappa shape index (κ2) is 7.38. The molecule has 0 bridgehead atoms. The molecule has 0 atom stereocenters. The number of fused-ring (bicyclic) bond motifs is 1. The van der Waals surface area contributed by atoms with Crippen molar-refractivity contribution in [2.75, 3.05) is 13.1 Å². The maximum Gasteiger partial charge on any atom is 0.257 e. The van der Waals surface area contributed by atoms with Crippen LogP contribution in [0, 0.1) is 6.92 Å². The number of hydrogen-bond donors (Lipinski definition) is 1. The first-order valence-electron chi connectivity index (χ1n) is 9.02. The lowest BCUT2D eigenvalue weighted by molar-refractivity contribution is 0.200. The first-order valence-corrected chi connectivity index (χ1v) is 10.5. The van der Waals surface area contributed by atoms with Crippen LogP contribution >= 0.6 is 0 Å². The summed E-state index contributed by atoms with van der Waals surface area (Å²) in [6.07, 6.45) is 2.89. The topological polar surface area (TPSA) is 88.3 Å². The van der Waals surface area contributed by atoms with E-state index in [-0.39, 0.29) is 10.9 Å². The van der Waals surface area contributed by atoms with Crippen molar-refractivity contribution in [3.05, 3.63) is 53.9 Å². The van der Waals surface area contributed by atoms with Gasteiger partial charge in [0, 0.05) is 25.7 Å². The van der Waals surface area contributed by atoms with Gasteiger partial charge in [-0.3, -0.25) is 4.90 Å². The highest BCUT2D eigenvalue weighted by atomic mass is 32.2. The SMILES string of the molecule is Cc1noc2ncc(S(=O)(=O)NC3CCN(Cc4ccccc4)CC3)cc12. The zero-order chi connectivity index (χ0) is 18.9. The van der Waals surface area contributed by atoms with Gasteiger partial charge in [-0.2, -0.15) is 0 Å². The Balaban J connectivity index is 1.39. The van der Waals surface area contributed by atoms with Gasteiger partial charge in [0.15, 0.2) is 0 Å². The molecule has 0 amide bonds. The molecule has 27 heavy (non-hydrogen) atoms. The minimum absolute atomic E-state index is 0.0682. The number of likely N-dealkylation sites (tertiary alicyclic amines) is 1. The predicted molar refractivity (Wildman–Crippen MR) is 102 cm³/mol. The summed E-state index contributed by atoms with van der Waals surface area (Å²) < 4.78 is 33.3. The van der Waals surface area contributed by atoms with Crippen LogP contribution in [-0.4, -0.2) is 42.6 Å². The molecule has 7 nitrogen and oxygen atoms in total. The van der Waals surface area contributed by atoms with Gasteiger partial charge in [-0.1, -0.05) is 35.5 Å². The third-order valence-corrected chi connectivity index (χ3v) is 6.44. The van der Waals surface area contributed by atoms with Gasteiger partial charge >= 0.3 is 0 Å². The first-order chi connectivity index (χ1) is 13.0. The monoisotopic (exact) mass is 386 g/mol. The summed E-state index contributed by atoms with van der Waals surface area (Å²) in [4.78, 5) is 6.57. The normalized spacial score (nSPS) is 16.8. The fraction of sp³-hybridized carbons (Fsp3) is 0.368. The zero-order valence-corrected chi connectivity index (χ0v) is 15.9. The van der Waals surface area contributed by atoms with Crippen molar-refractivity contribution in [3.8, 4) is 0 Å². The molecule has 1 aliphatic heterocycles. The van der Waals surface area contributed by atoms with Crippen LogP contribution in [0.25, 0.3) is 11.1 Å². The summed E-state index contributed by atoms with van der Waals surface area (Å²) in [5, 5.41) is 4.44. The number of benzene rings is 1. The van der Waals surface area contributed by atoms with E-state index in [0.717, 1.165) is 32.5 Å². The van der Waals surface area contributed by atoms with Gasteiger partial charge in [0.05, 0.1) is 17.3 Å². The Kier molecular flexibility index (Phi) is 4.94. The van der Waals surface area contributed by atoms with Crippen LogP contribution in [0.4, 0.5) is 0 Å². The summed E-state index contributed by atoms with van der Waals surface area (Å²) in [6.45, 7) is 4.39. The summed E-state index contributed by atoms with van der Waals surface area (Å²) in [5.74, 6) is 0. The van der Waals surface area contributed by atoms with Crippen molar-refractivity contribution in [3.63, 3.8) is 0 Å². The van der Waals surface area contributed by atoms with E-state index in [1.54, 1.807) is 13.0 Å². The largest absolute Gasteiger partial charge is 0.336 e. The minimum atomic E-state index is -3.62. The molecule has 1 aliphatic rings. The number of nitrogens with one attached hydrogen (secondary N) is 1. The van der Waals surface area contributed by atoms with Crippen molar-refractivity contribution < 1.29 is 12.9 Å². The molecule has 4 rings (SSSR count). The Morgan fingerprint density at radius 1 is 1.22 bits per heavy atom. The quantitative estimate of drug-likeness (QED) is 0.725. The fourth-order valence-corrected chi connectivity index (χ4v) is 4.69. The molecule has 1 saturated heterocycles. The second-order valence-electron chi connectivity index (χ2n) is 6.95. The Morgan fingerprint density at radius 2 is 1.96 bits per heavy atom. The van der Waals surface area contributed by atoms with Crippen LogP contribution < -0.4 is 4.72 Å². The molecule has 0 unspecified atom stereocenters.